The Labute approximate surface area is 257 Å². The zero-order valence-electron chi connectivity index (χ0n) is 25.7. The number of benzene rings is 2. The molecular formula is C33H38N6O5. The number of anilines is 2. The molecule has 0 saturated carbocycles. The van der Waals surface area contributed by atoms with Crippen LogP contribution in [-0.4, -0.2) is 63.4 Å². The van der Waals surface area contributed by atoms with Gasteiger partial charge in [0.25, 0.3) is 0 Å². The first-order chi connectivity index (χ1) is 21.1. The number of hydrogen-bond acceptors (Lipinski definition) is 9. The van der Waals surface area contributed by atoms with Gasteiger partial charge in [-0.05, 0) is 77.3 Å². The van der Waals surface area contributed by atoms with Gasteiger partial charge in [0.15, 0.2) is 0 Å². The highest BCUT2D eigenvalue weighted by atomic mass is 16.6. The third kappa shape index (κ3) is 7.34. The number of piperidine rings is 1. The van der Waals surface area contributed by atoms with E-state index in [4.69, 9.17) is 19.2 Å². The van der Waals surface area contributed by atoms with Crippen molar-refractivity contribution in [2.45, 2.75) is 59.1 Å². The maximum Gasteiger partial charge on any atom is 0.411 e. The number of likely N-dealkylation sites (tertiary alicyclic amines) is 1. The molecule has 2 amide bonds. The molecule has 2 aromatic carbocycles. The number of amides is 2. The van der Waals surface area contributed by atoms with Crippen molar-refractivity contribution in [1.29, 1.82) is 0 Å². The molecule has 5 rings (SSSR count). The van der Waals surface area contributed by atoms with Gasteiger partial charge in [-0.1, -0.05) is 24.3 Å². The molecule has 0 aliphatic carbocycles. The van der Waals surface area contributed by atoms with E-state index in [9.17, 15) is 9.59 Å². The summed E-state index contributed by atoms with van der Waals surface area (Å²) in [5.74, 6) is 1.45. The molecule has 4 aromatic rings. The molecule has 11 heteroatoms. The van der Waals surface area contributed by atoms with Crippen molar-refractivity contribution in [3.63, 3.8) is 0 Å². The predicted octanol–water partition coefficient (Wildman–Crippen LogP) is 7.17. The maximum absolute atomic E-state index is 12.6. The largest absolute Gasteiger partial charge is 0.450 e. The molecule has 2 aromatic heterocycles. The minimum absolute atomic E-state index is 0.0214. The first-order valence-corrected chi connectivity index (χ1v) is 14.8. The summed E-state index contributed by atoms with van der Waals surface area (Å²) in [5.41, 5.74) is 2.29. The Morgan fingerprint density at radius 2 is 1.86 bits per heavy atom. The van der Waals surface area contributed by atoms with Crippen molar-refractivity contribution in [2.75, 3.05) is 30.3 Å². The van der Waals surface area contributed by atoms with Crippen LogP contribution in [0.25, 0.3) is 22.0 Å². The van der Waals surface area contributed by atoms with E-state index >= 15 is 0 Å². The summed E-state index contributed by atoms with van der Waals surface area (Å²) in [5, 5.41) is 7.82. The molecule has 1 unspecified atom stereocenters. The van der Waals surface area contributed by atoms with Crippen molar-refractivity contribution in [3.8, 4) is 22.9 Å². The van der Waals surface area contributed by atoms with E-state index in [2.05, 4.69) is 20.6 Å². The molecule has 0 spiro atoms. The van der Waals surface area contributed by atoms with E-state index in [0.29, 0.717) is 47.6 Å². The SMILES string of the molecule is CCOC(=O)Nc1cccc2c(Oc3ncccc3-c3ccnc(NC4CCCN(C(=O)OC(C)(C)C)C4)n3)c(C)ccc12. The van der Waals surface area contributed by atoms with E-state index in [1.165, 1.54) is 0 Å². The first kappa shape index (κ1) is 30.5. The zero-order valence-corrected chi connectivity index (χ0v) is 25.7. The summed E-state index contributed by atoms with van der Waals surface area (Å²) in [6.45, 7) is 10.7. The summed E-state index contributed by atoms with van der Waals surface area (Å²) in [6.07, 6.45) is 4.24. The van der Waals surface area contributed by atoms with E-state index in [1.807, 2.05) is 70.2 Å². The monoisotopic (exact) mass is 598 g/mol. The fourth-order valence-electron chi connectivity index (χ4n) is 5.07. The van der Waals surface area contributed by atoms with Crippen LogP contribution in [-0.2, 0) is 9.47 Å². The molecule has 1 aliphatic heterocycles. The second-order valence-corrected chi connectivity index (χ2v) is 11.6. The number of carbonyl (C=O) groups excluding carboxylic acids is 2. The van der Waals surface area contributed by atoms with E-state index in [-0.39, 0.29) is 18.7 Å². The van der Waals surface area contributed by atoms with Crippen molar-refractivity contribution in [2.24, 2.45) is 0 Å². The number of nitrogens with zero attached hydrogens (tertiary/aromatic N) is 4. The molecule has 230 valence electrons. The van der Waals surface area contributed by atoms with Crippen molar-refractivity contribution >= 4 is 34.6 Å². The minimum atomic E-state index is -0.551. The average molecular weight is 599 g/mol. The van der Waals surface area contributed by atoms with Gasteiger partial charge in [0.05, 0.1) is 23.6 Å². The van der Waals surface area contributed by atoms with Gasteiger partial charge in [0.1, 0.15) is 11.4 Å². The highest BCUT2D eigenvalue weighted by Gasteiger charge is 2.28. The van der Waals surface area contributed by atoms with Crippen molar-refractivity contribution < 1.29 is 23.8 Å². The maximum atomic E-state index is 12.6. The van der Waals surface area contributed by atoms with Gasteiger partial charge in [-0.15, -0.1) is 0 Å². The summed E-state index contributed by atoms with van der Waals surface area (Å²) in [4.78, 5) is 40.3. The lowest BCUT2D eigenvalue weighted by molar-refractivity contribution is 0.0206. The zero-order chi connectivity index (χ0) is 31.3. The number of carbonyl (C=O) groups is 2. The highest BCUT2D eigenvalue weighted by Crippen LogP contribution is 2.38. The number of nitrogens with one attached hydrogen (secondary N) is 2. The number of pyridine rings is 1. The van der Waals surface area contributed by atoms with Crippen LogP contribution in [0.2, 0.25) is 0 Å². The lowest BCUT2D eigenvalue weighted by atomic mass is 10.0. The van der Waals surface area contributed by atoms with Crippen LogP contribution in [0.3, 0.4) is 0 Å². The molecule has 1 fully saturated rings. The first-order valence-electron chi connectivity index (χ1n) is 14.8. The Morgan fingerprint density at radius 3 is 2.66 bits per heavy atom. The van der Waals surface area contributed by atoms with Gasteiger partial charge in [0.2, 0.25) is 11.8 Å². The fraction of sp³-hybridized carbons (Fsp3) is 0.364. The van der Waals surface area contributed by atoms with Crippen LogP contribution in [0, 0.1) is 6.92 Å². The van der Waals surface area contributed by atoms with Crippen LogP contribution < -0.4 is 15.4 Å². The van der Waals surface area contributed by atoms with Crippen LogP contribution in [0.4, 0.5) is 21.2 Å². The Kier molecular flexibility index (Phi) is 9.12. The second kappa shape index (κ2) is 13.2. The summed E-state index contributed by atoms with van der Waals surface area (Å²) in [7, 11) is 0. The van der Waals surface area contributed by atoms with Gasteiger partial charge in [0, 0.05) is 42.3 Å². The molecule has 3 heterocycles. The molecule has 2 N–H and O–H groups in total. The van der Waals surface area contributed by atoms with Crippen LogP contribution in [0.15, 0.2) is 60.9 Å². The minimum Gasteiger partial charge on any atom is -0.450 e. The normalized spacial score (nSPS) is 15.0. The molecule has 0 bridgehead atoms. The Morgan fingerprint density at radius 1 is 1.02 bits per heavy atom. The molecule has 1 atom stereocenters. The Balaban J connectivity index is 1.38. The van der Waals surface area contributed by atoms with Crippen LogP contribution in [0.1, 0.15) is 46.1 Å². The van der Waals surface area contributed by atoms with E-state index in [0.717, 1.165) is 29.2 Å². The van der Waals surface area contributed by atoms with Gasteiger partial charge in [-0.2, -0.15) is 0 Å². The average Bonchev–Trinajstić information content (AvgIpc) is 2.98. The number of hydrogen-bond donors (Lipinski definition) is 2. The summed E-state index contributed by atoms with van der Waals surface area (Å²) >= 11 is 0. The molecule has 11 nitrogen and oxygen atoms in total. The Bertz CT molecular complexity index is 1650. The number of aryl methyl sites for hydroxylation is 1. The van der Waals surface area contributed by atoms with Gasteiger partial charge >= 0.3 is 12.2 Å². The predicted molar refractivity (Wildman–Crippen MR) is 169 cm³/mol. The lowest BCUT2D eigenvalue weighted by Crippen LogP contribution is -2.47. The Hall–Kier alpha value is -4.93. The molecular weight excluding hydrogens is 560 g/mol. The number of rotatable bonds is 7. The number of aromatic nitrogens is 3. The van der Waals surface area contributed by atoms with Crippen LogP contribution in [0.5, 0.6) is 11.6 Å². The fourth-order valence-corrected chi connectivity index (χ4v) is 5.07. The highest BCUT2D eigenvalue weighted by molar-refractivity contribution is 6.03. The molecule has 44 heavy (non-hydrogen) atoms. The smallest absolute Gasteiger partial charge is 0.411 e. The molecule has 0 radical (unpaired) electrons. The number of ether oxygens (including phenoxy) is 3. The van der Waals surface area contributed by atoms with Crippen LogP contribution >= 0.6 is 0 Å². The standard InChI is InChI=1S/C33H38N6O5/c1-6-42-31(40)38-26-13-7-11-24-23(26)15-14-21(2)28(24)43-29-25(12-8-17-34-29)27-16-18-35-30(37-27)36-22-10-9-19-39(20-22)32(41)44-33(3,4)5/h7-8,11-18,22H,6,9-10,19-20H2,1-5H3,(H,38,40)(H,35,36,37). The lowest BCUT2D eigenvalue weighted by Gasteiger charge is -2.34. The number of fused-ring (bicyclic) bond motifs is 1. The van der Waals surface area contributed by atoms with Gasteiger partial charge in [-0.3, -0.25) is 5.32 Å². The molecule has 1 aliphatic rings. The summed E-state index contributed by atoms with van der Waals surface area (Å²) < 4.78 is 17.1. The molecule has 1 saturated heterocycles. The van der Waals surface area contributed by atoms with Crippen molar-refractivity contribution in [3.05, 3.63) is 66.5 Å². The third-order valence-corrected chi connectivity index (χ3v) is 7.03. The quantitative estimate of drug-likeness (QED) is 0.227. The third-order valence-electron chi connectivity index (χ3n) is 7.03. The van der Waals surface area contributed by atoms with Crippen molar-refractivity contribution in [1.82, 2.24) is 19.9 Å². The van der Waals surface area contributed by atoms with Gasteiger partial charge < -0.3 is 24.4 Å². The van der Waals surface area contributed by atoms with E-state index in [1.54, 1.807) is 30.3 Å². The topological polar surface area (TPSA) is 128 Å². The van der Waals surface area contributed by atoms with Gasteiger partial charge in [-0.25, -0.2) is 24.5 Å². The summed E-state index contributed by atoms with van der Waals surface area (Å²) in [6, 6.07) is 15.0. The van der Waals surface area contributed by atoms with E-state index < -0.39 is 11.7 Å². The second-order valence-electron chi connectivity index (χ2n) is 11.6.